The van der Waals surface area contributed by atoms with Crippen molar-refractivity contribution in [3.05, 3.63) is 71.8 Å². The fourth-order valence-electron chi connectivity index (χ4n) is 2.13. The van der Waals surface area contributed by atoms with E-state index in [1.165, 1.54) is 18.5 Å². The minimum Gasteiger partial charge on any atom is -0.436 e. The van der Waals surface area contributed by atoms with E-state index in [1.807, 2.05) is 0 Å². The van der Waals surface area contributed by atoms with Crippen molar-refractivity contribution < 1.29 is 22.7 Å². The lowest BCUT2D eigenvalue weighted by Gasteiger charge is -2.09. The van der Waals surface area contributed by atoms with Gasteiger partial charge in [-0.2, -0.15) is 18.2 Å². The molecular formula is C19H11F3N4O2. The largest absolute Gasteiger partial charge is 0.436 e. The van der Waals surface area contributed by atoms with Crippen LogP contribution >= 0.6 is 0 Å². The van der Waals surface area contributed by atoms with Gasteiger partial charge in [-0.15, -0.1) is 6.42 Å². The number of anilines is 1. The average molecular weight is 384 g/mol. The molecule has 2 heterocycles. The molecule has 28 heavy (non-hydrogen) atoms. The Labute approximate surface area is 157 Å². The Kier molecular flexibility index (Phi) is 5.22. The van der Waals surface area contributed by atoms with Gasteiger partial charge in [0.1, 0.15) is 11.4 Å². The van der Waals surface area contributed by atoms with Gasteiger partial charge in [-0.1, -0.05) is 12.0 Å². The lowest BCUT2D eigenvalue weighted by molar-refractivity contribution is -0.141. The van der Waals surface area contributed by atoms with Crippen molar-refractivity contribution in [2.75, 3.05) is 5.32 Å². The van der Waals surface area contributed by atoms with E-state index in [0.717, 1.165) is 18.3 Å². The highest BCUT2D eigenvalue weighted by Gasteiger charge is 2.32. The van der Waals surface area contributed by atoms with Crippen LogP contribution in [0.1, 0.15) is 21.6 Å². The number of alkyl halides is 3. The van der Waals surface area contributed by atoms with Gasteiger partial charge < -0.3 is 10.1 Å². The second-order valence-corrected chi connectivity index (χ2v) is 5.40. The van der Waals surface area contributed by atoms with Crippen LogP contribution in [0.15, 0.2) is 55.0 Å². The van der Waals surface area contributed by atoms with E-state index in [9.17, 15) is 18.0 Å². The van der Waals surface area contributed by atoms with Crippen LogP contribution < -0.4 is 10.1 Å². The number of nitrogens with zero attached hydrogens (tertiary/aromatic N) is 3. The summed E-state index contributed by atoms with van der Waals surface area (Å²) in [6.07, 6.45) is 4.22. The maximum atomic E-state index is 12.5. The molecule has 0 saturated carbocycles. The van der Waals surface area contributed by atoms with Crippen LogP contribution in [-0.4, -0.2) is 20.9 Å². The van der Waals surface area contributed by atoms with E-state index < -0.39 is 17.8 Å². The topological polar surface area (TPSA) is 77.0 Å². The zero-order chi connectivity index (χ0) is 20.1. The summed E-state index contributed by atoms with van der Waals surface area (Å²) in [5.74, 6) is 2.07. The van der Waals surface area contributed by atoms with Crippen molar-refractivity contribution >= 4 is 11.7 Å². The van der Waals surface area contributed by atoms with E-state index in [1.54, 1.807) is 18.2 Å². The van der Waals surface area contributed by atoms with Crippen molar-refractivity contribution in [3.8, 4) is 24.0 Å². The molecule has 0 aliphatic rings. The van der Waals surface area contributed by atoms with E-state index in [-0.39, 0.29) is 17.4 Å². The quantitative estimate of drug-likeness (QED) is 0.690. The maximum absolute atomic E-state index is 12.5. The molecule has 1 N–H and O–H groups in total. The Balaban J connectivity index is 1.72. The average Bonchev–Trinajstić information content (AvgIpc) is 2.68. The third kappa shape index (κ3) is 4.62. The van der Waals surface area contributed by atoms with Crippen molar-refractivity contribution in [2.45, 2.75) is 6.18 Å². The standard InChI is InChI=1S/C19H11F3N4O2/c1-2-12-4-3-5-13(8-12)18(27)26-16-10-23-11-17(25-16)28-14-6-7-15(24-9-14)19(20,21)22/h1,3-11H,(H,25,26,27). The first-order chi connectivity index (χ1) is 13.3. The fraction of sp³-hybridized carbons (Fsp3) is 0.0526. The predicted molar refractivity (Wildman–Crippen MR) is 93.7 cm³/mol. The summed E-state index contributed by atoms with van der Waals surface area (Å²) in [6.45, 7) is 0. The van der Waals surface area contributed by atoms with Gasteiger partial charge in [0, 0.05) is 11.1 Å². The van der Waals surface area contributed by atoms with Crippen LogP contribution in [0.25, 0.3) is 0 Å². The molecule has 0 unspecified atom stereocenters. The molecule has 2 aromatic heterocycles. The van der Waals surface area contributed by atoms with E-state index >= 15 is 0 Å². The number of rotatable bonds is 4. The van der Waals surface area contributed by atoms with Gasteiger partial charge in [-0.25, -0.2) is 4.98 Å². The van der Waals surface area contributed by atoms with E-state index in [4.69, 9.17) is 11.2 Å². The van der Waals surface area contributed by atoms with Crippen LogP contribution in [0, 0.1) is 12.3 Å². The number of hydrogen-bond acceptors (Lipinski definition) is 5. The molecule has 0 radical (unpaired) electrons. The van der Waals surface area contributed by atoms with Gasteiger partial charge in [-0.3, -0.25) is 9.78 Å². The van der Waals surface area contributed by atoms with Crippen LogP contribution in [0.4, 0.5) is 19.0 Å². The molecule has 0 aliphatic heterocycles. The number of amides is 1. The Morgan fingerprint density at radius 1 is 1.14 bits per heavy atom. The van der Waals surface area contributed by atoms with Gasteiger partial charge in [0.2, 0.25) is 5.88 Å². The molecule has 140 valence electrons. The van der Waals surface area contributed by atoms with Gasteiger partial charge in [0.05, 0.1) is 18.6 Å². The smallest absolute Gasteiger partial charge is 0.433 e. The lowest BCUT2D eigenvalue weighted by Crippen LogP contribution is -2.13. The van der Waals surface area contributed by atoms with Gasteiger partial charge in [-0.05, 0) is 30.3 Å². The zero-order valence-corrected chi connectivity index (χ0v) is 14.1. The van der Waals surface area contributed by atoms with Gasteiger partial charge in [0.25, 0.3) is 5.91 Å². The third-order valence-electron chi connectivity index (χ3n) is 3.39. The normalized spacial score (nSPS) is 10.8. The number of pyridine rings is 1. The van der Waals surface area contributed by atoms with Crippen LogP contribution in [-0.2, 0) is 6.18 Å². The van der Waals surface area contributed by atoms with Gasteiger partial charge in [0.15, 0.2) is 5.82 Å². The minimum atomic E-state index is -4.54. The SMILES string of the molecule is C#Cc1cccc(C(=O)Nc2cncc(Oc3ccc(C(F)(F)F)nc3)n2)c1. The summed E-state index contributed by atoms with van der Waals surface area (Å²) >= 11 is 0. The second-order valence-electron chi connectivity index (χ2n) is 5.40. The zero-order valence-electron chi connectivity index (χ0n) is 14.1. The van der Waals surface area contributed by atoms with Crippen molar-refractivity contribution in [1.82, 2.24) is 15.0 Å². The Morgan fingerprint density at radius 2 is 1.96 bits per heavy atom. The number of halogens is 3. The molecule has 9 heteroatoms. The lowest BCUT2D eigenvalue weighted by atomic mass is 10.1. The van der Waals surface area contributed by atoms with Crippen LogP contribution in [0.3, 0.4) is 0 Å². The molecule has 1 amide bonds. The molecule has 3 rings (SSSR count). The number of nitrogens with one attached hydrogen (secondary N) is 1. The predicted octanol–water partition coefficient (Wildman–Crippen LogP) is 3.92. The van der Waals surface area contributed by atoms with Crippen LogP contribution in [0.2, 0.25) is 0 Å². The summed E-state index contributed by atoms with van der Waals surface area (Å²) in [4.78, 5) is 23.5. The Bertz CT molecular complexity index is 1040. The number of benzene rings is 1. The number of carbonyl (C=O) groups is 1. The number of aromatic nitrogens is 3. The fourth-order valence-corrected chi connectivity index (χ4v) is 2.13. The van der Waals surface area contributed by atoms with Crippen molar-refractivity contribution in [2.24, 2.45) is 0 Å². The van der Waals surface area contributed by atoms with Crippen molar-refractivity contribution in [3.63, 3.8) is 0 Å². The summed E-state index contributed by atoms with van der Waals surface area (Å²) in [5.41, 5.74) is -0.165. The molecule has 0 fully saturated rings. The summed E-state index contributed by atoms with van der Waals surface area (Å²) in [6, 6.07) is 8.34. The highest BCUT2D eigenvalue weighted by molar-refractivity contribution is 6.03. The highest BCUT2D eigenvalue weighted by Crippen LogP contribution is 2.29. The third-order valence-corrected chi connectivity index (χ3v) is 3.39. The molecule has 0 spiro atoms. The molecule has 0 atom stereocenters. The Morgan fingerprint density at radius 3 is 2.64 bits per heavy atom. The molecule has 3 aromatic rings. The van der Waals surface area contributed by atoms with Gasteiger partial charge >= 0.3 is 6.18 Å². The van der Waals surface area contributed by atoms with E-state index in [2.05, 4.69) is 26.2 Å². The monoisotopic (exact) mass is 384 g/mol. The molecule has 0 saturated heterocycles. The molecule has 0 bridgehead atoms. The first-order valence-electron chi connectivity index (χ1n) is 7.76. The number of terminal acetylenes is 1. The molecule has 0 aliphatic carbocycles. The number of carbonyl (C=O) groups excluding carboxylic acids is 1. The summed E-state index contributed by atoms with van der Waals surface area (Å²) in [7, 11) is 0. The summed E-state index contributed by atoms with van der Waals surface area (Å²) < 4.78 is 42.9. The van der Waals surface area contributed by atoms with E-state index in [0.29, 0.717) is 11.1 Å². The number of hydrogen-bond donors (Lipinski definition) is 1. The van der Waals surface area contributed by atoms with Crippen molar-refractivity contribution in [1.29, 1.82) is 0 Å². The molecule has 1 aromatic carbocycles. The Hall–Kier alpha value is -3.93. The highest BCUT2D eigenvalue weighted by atomic mass is 19.4. The first kappa shape index (κ1) is 18.8. The second kappa shape index (κ2) is 7.75. The van der Waals surface area contributed by atoms with Crippen LogP contribution in [0.5, 0.6) is 11.6 Å². The maximum Gasteiger partial charge on any atom is 0.433 e. The molecular weight excluding hydrogens is 373 g/mol. The first-order valence-corrected chi connectivity index (χ1v) is 7.76. The summed E-state index contributed by atoms with van der Waals surface area (Å²) in [5, 5.41) is 2.54. The minimum absolute atomic E-state index is 0.0308. The number of ether oxygens (including phenoxy) is 1. The molecule has 6 nitrogen and oxygen atoms in total.